The molecule has 19 heavy (non-hydrogen) atoms. The number of hydrogen-bond acceptors (Lipinski definition) is 5. The van der Waals surface area contributed by atoms with Gasteiger partial charge in [0, 0.05) is 25.2 Å². The maximum absolute atomic E-state index is 6.28. The van der Waals surface area contributed by atoms with Crippen molar-refractivity contribution in [1.29, 1.82) is 0 Å². The van der Waals surface area contributed by atoms with Gasteiger partial charge in [-0.1, -0.05) is 11.6 Å². The van der Waals surface area contributed by atoms with E-state index in [0.717, 1.165) is 28.6 Å². The predicted octanol–water partition coefficient (Wildman–Crippen LogP) is 2.86. The molecule has 0 aliphatic carbocycles. The number of halogens is 1. The highest BCUT2D eigenvalue weighted by molar-refractivity contribution is 7.09. The molecule has 0 amide bonds. The molecule has 0 unspecified atom stereocenters. The van der Waals surface area contributed by atoms with Crippen LogP contribution in [0.5, 0.6) is 0 Å². The average molecular weight is 297 g/mol. The van der Waals surface area contributed by atoms with E-state index >= 15 is 0 Å². The first-order chi connectivity index (χ1) is 9.10. The highest BCUT2D eigenvalue weighted by Crippen LogP contribution is 2.24. The van der Waals surface area contributed by atoms with Crippen molar-refractivity contribution < 1.29 is 0 Å². The first-order valence-corrected chi connectivity index (χ1v) is 7.27. The third-order valence-electron chi connectivity index (χ3n) is 2.69. The second-order valence-corrected chi connectivity index (χ2v) is 5.86. The summed E-state index contributed by atoms with van der Waals surface area (Å²) in [6.07, 6.45) is 1.85. The smallest absolute Gasteiger partial charge is 0.147 e. The molecule has 4 nitrogen and oxygen atoms in total. The zero-order valence-corrected chi connectivity index (χ0v) is 12.8. The molecule has 0 atom stereocenters. The molecule has 2 aromatic rings. The number of aryl methyl sites for hydroxylation is 1. The van der Waals surface area contributed by atoms with Crippen LogP contribution in [0.4, 0.5) is 5.82 Å². The number of pyridine rings is 1. The van der Waals surface area contributed by atoms with E-state index in [1.54, 1.807) is 11.3 Å². The first-order valence-electron chi connectivity index (χ1n) is 6.01. The molecule has 1 N–H and O–H groups in total. The van der Waals surface area contributed by atoms with Crippen LogP contribution in [0.2, 0.25) is 5.02 Å². The van der Waals surface area contributed by atoms with Crippen LogP contribution in [0.15, 0.2) is 17.6 Å². The molecular formula is C13H17ClN4S. The van der Waals surface area contributed by atoms with E-state index in [1.165, 1.54) is 0 Å². The summed E-state index contributed by atoms with van der Waals surface area (Å²) in [5, 5.41) is 6.89. The topological polar surface area (TPSA) is 41.1 Å². The van der Waals surface area contributed by atoms with E-state index in [1.807, 2.05) is 38.2 Å². The van der Waals surface area contributed by atoms with Gasteiger partial charge in [0.05, 0.1) is 22.3 Å². The van der Waals surface area contributed by atoms with Crippen molar-refractivity contribution >= 4 is 28.8 Å². The third-order valence-corrected chi connectivity index (χ3v) is 3.79. The molecule has 102 valence electrons. The quantitative estimate of drug-likeness (QED) is 0.921. The van der Waals surface area contributed by atoms with Gasteiger partial charge in [-0.05, 0) is 25.6 Å². The molecule has 2 rings (SSSR count). The lowest BCUT2D eigenvalue weighted by atomic mass is 10.2. The van der Waals surface area contributed by atoms with Crippen LogP contribution in [0.3, 0.4) is 0 Å². The lowest BCUT2D eigenvalue weighted by Crippen LogP contribution is -2.18. The van der Waals surface area contributed by atoms with Crippen LogP contribution in [-0.2, 0) is 13.1 Å². The van der Waals surface area contributed by atoms with Crippen molar-refractivity contribution in [2.45, 2.75) is 20.0 Å². The maximum atomic E-state index is 6.28. The number of rotatable bonds is 5. The second-order valence-electron chi connectivity index (χ2n) is 4.39. The van der Waals surface area contributed by atoms with Crippen molar-refractivity contribution in [2.24, 2.45) is 0 Å². The molecule has 0 fully saturated rings. The zero-order chi connectivity index (χ0) is 13.8. The van der Waals surface area contributed by atoms with Crippen LogP contribution in [0, 0.1) is 6.92 Å². The lowest BCUT2D eigenvalue weighted by molar-refractivity contribution is 0.809. The van der Waals surface area contributed by atoms with Gasteiger partial charge < -0.3 is 10.2 Å². The fraction of sp³-hybridized carbons (Fsp3) is 0.385. The summed E-state index contributed by atoms with van der Waals surface area (Å²) in [5.41, 5.74) is 2.12. The van der Waals surface area contributed by atoms with Crippen LogP contribution >= 0.6 is 22.9 Å². The highest BCUT2D eigenvalue weighted by Gasteiger charge is 2.10. The Bertz CT molecular complexity index is 555. The summed E-state index contributed by atoms with van der Waals surface area (Å²) in [7, 11) is 3.87. The summed E-state index contributed by atoms with van der Waals surface area (Å²) < 4.78 is 0. The Balaban J connectivity index is 2.12. The Labute approximate surface area is 122 Å². The van der Waals surface area contributed by atoms with E-state index in [-0.39, 0.29) is 0 Å². The number of hydrogen-bond donors (Lipinski definition) is 1. The largest absolute Gasteiger partial charge is 0.353 e. The average Bonchev–Trinajstić information content (AvgIpc) is 2.75. The summed E-state index contributed by atoms with van der Waals surface area (Å²) >= 11 is 7.94. The van der Waals surface area contributed by atoms with Gasteiger partial charge in [-0.2, -0.15) is 0 Å². The summed E-state index contributed by atoms with van der Waals surface area (Å²) in [6.45, 7) is 3.48. The normalized spacial score (nSPS) is 10.7. The number of nitrogens with one attached hydrogen (secondary N) is 1. The first kappa shape index (κ1) is 14.2. The third kappa shape index (κ3) is 3.65. The standard InChI is InChI=1S/C13H17ClN4S/c1-9-17-11(8-19-9)7-18(3)13-12(14)4-10(5-15-2)6-16-13/h4,6,8,15H,5,7H2,1-3H3. The van der Waals surface area contributed by atoms with Gasteiger partial charge in [0.15, 0.2) is 0 Å². The minimum Gasteiger partial charge on any atom is -0.353 e. The number of nitrogens with zero attached hydrogens (tertiary/aromatic N) is 3. The predicted molar refractivity (Wildman–Crippen MR) is 81.0 cm³/mol. The van der Waals surface area contributed by atoms with E-state index in [2.05, 4.69) is 20.7 Å². The van der Waals surface area contributed by atoms with Crippen molar-refractivity contribution in [1.82, 2.24) is 15.3 Å². The van der Waals surface area contributed by atoms with Crippen molar-refractivity contribution in [3.63, 3.8) is 0 Å². The number of thiazole rings is 1. The van der Waals surface area contributed by atoms with Gasteiger partial charge in [-0.3, -0.25) is 0 Å². The molecule has 0 radical (unpaired) electrons. The lowest BCUT2D eigenvalue weighted by Gasteiger charge is -2.18. The van der Waals surface area contributed by atoms with E-state index < -0.39 is 0 Å². The second kappa shape index (κ2) is 6.32. The molecule has 2 heterocycles. The summed E-state index contributed by atoms with van der Waals surface area (Å²) in [5.74, 6) is 0.784. The Hall–Kier alpha value is -1.17. The van der Waals surface area contributed by atoms with Crippen molar-refractivity contribution in [2.75, 3.05) is 19.0 Å². The Morgan fingerprint density at radius 3 is 2.84 bits per heavy atom. The molecular weight excluding hydrogens is 280 g/mol. The van der Waals surface area contributed by atoms with Gasteiger partial charge in [0.25, 0.3) is 0 Å². The van der Waals surface area contributed by atoms with Crippen LogP contribution in [0.1, 0.15) is 16.3 Å². The Morgan fingerprint density at radius 1 is 1.47 bits per heavy atom. The van der Waals surface area contributed by atoms with Gasteiger partial charge in [0.1, 0.15) is 5.82 Å². The Morgan fingerprint density at radius 2 is 2.26 bits per heavy atom. The molecule has 2 aromatic heterocycles. The number of aromatic nitrogens is 2. The molecule has 0 bridgehead atoms. The van der Waals surface area contributed by atoms with Gasteiger partial charge in [-0.25, -0.2) is 9.97 Å². The monoisotopic (exact) mass is 296 g/mol. The maximum Gasteiger partial charge on any atom is 0.147 e. The Kier molecular flexibility index (Phi) is 4.74. The fourth-order valence-corrected chi connectivity index (χ4v) is 2.79. The van der Waals surface area contributed by atoms with Crippen LogP contribution in [0.25, 0.3) is 0 Å². The molecule has 6 heteroatoms. The molecule has 0 spiro atoms. The van der Waals surface area contributed by atoms with E-state index in [4.69, 9.17) is 11.6 Å². The fourth-order valence-electron chi connectivity index (χ4n) is 1.85. The minimum atomic E-state index is 0.669. The molecule has 0 aliphatic heterocycles. The summed E-state index contributed by atoms with van der Waals surface area (Å²) in [4.78, 5) is 10.9. The van der Waals surface area contributed by atoms with Crippen molar-refractivity contribution in [3.8, 4) is 0 Å². The number of anilines is 1. The molecule has 0 aromatic carbocycles. The highest BCUT2D eigenvalue weighted by atomic mass is 35.5. The van der Waals surface area contributed by atoms with Crippen LogP contribution in [-0.4, -0.2) is 24.1 Å². The minimum absolute atomic E-state index is 0.669. The van der Waals surface area contributed by atoms with Gasteiger partial charge >= 0.3 is 0 Å². The molecule has 0 saturated carbocycles. The molecule has 0 saturated heterocycles. The van der Waals surface area contributed by atoms with Gasteiger partial charge in [-0.15, -0.1) is 11.3 Å². The van der Waals surface area contributed by atoms with Crippen LogP contribution < -0.4 is 10.2 Å². The van der Waals surface area contributed by atoms with Crippen molar-refractivity contribution in [3.05, 3.63) is 38.9 Å². The molecule has 0 aliphatic rings. The summed E-state index contributed by atoms with van der Waals surface area (Å²) in [6, 6.07) is 1.95. The van der Waals surface area contributed by atoms with E-state index in [9.17, 15) is 0 Å². The SMILES string of the molecule is CNCc1cnc(N(C)Cc2csc(C)n2)c(Cl)c1. The van der Waals surface area contributed by atoms with E-state index in [0.29, 0.717) is 11.6 Å². The zero-order valence-electron chi connectivity index (χ0n) is 11.3. The van der Waals surface area contributed by atoms with Gasteiger partial charge in [0.2, 0.25) is 0 Å².